The summed E-state index contributed by atoms with van der Waals surface area (Å²) < 4.78 is 5.25. The normalized spacial score (nSPS) is 20.9. The summed E-state index contributed by atoms with van der Waals surface area (Å²) in [4.78, 5) is 28.6. The molecule has 0 aliphatic carbocycles. The molecule has 3 unspecified atom stereocenters. The smallest absolute Gasteiger partial charge is 0.0642 e. The fourth-order valence-electron chi connectivity index (χ4n) is 14.7. The van der Waals surface area contributed by atoms with Crippen molar-refractivity contribution in [2.45, 2.75) is 214 Å². The van der Waals surface area contributed by atoms with Gasteiger partial charge in [0.2, 0.25) is 0 Å². The first-order chi connectivity index (χ1) is 52.1. The molecule has 111 heavy (non-hydrogen) atoms. The third-order valence-corrected chi connectivity index (χ3v) is 24.3. The van der Waals surface area contributed by atoms with E-state index in [0.29, 0.717) is 59.3 Å². The van der Waals surface area contributed by atoms with Crippen molar-refractivity contribution in [2.24, 2.45) is 65.0 Å². The summed E-state index contributed by atoms with van der Waals surface area (Å²) in [7, 11) is 14.9. The van der Waals surface area contributed by atoms with Crippen LogP contribution in [0.25, 0.3) is 0 Å². The average Bonchev–Trinajstić information content (AvgIpc) is 1.80. The van der Waals surface area contributed by atoms with E-state index in [1.165, 1.54) is 175 Å². The van der Waals surface area contributed by atoms with Gasteiger partial charge in [0, 0.05) is 233 Å². The summed E-state index contributed by atoms with van der Waals surface area (Å²) in [6.07, 6.45) is 11.7. The molecule has 0 amide bonds. The summed E-state index contributed by atoms with van der Waals surface area (Å²) in [6.45, 7) is 108. The molecule has 9 aliphatic heterocycles. The zero-order chi connectivity index (χ0) is 84.4. The summed E-state index contributed by atoms with van der Waals surface area (Å²) in [5.41, 5.74) is 11.6. The van der Waals surface area contributed by atoms with E-state index in [9.17, 15) is 0 Å². The van der Waals surface area contributed by atoms with Gasteiger partial charge in [-0.2, -0.15) is 0 Å². The van der Waals surface area contributed by atoms with Crippen LogP contribution in [0.15, 0.2) is 110 Å². The third kappa shape index (κ3) is 41.3. The Morgan fingerprint density at radius 1 is 0.351 bits per heavy atom. The monoisotopic (exact) mass is 1560 g/mol. The van der Waals surface area contributed by atoms with Gasteiger partial charge < -0.3 is 79.5 Å². The Balaban J connectivity index is 0.000000625. The number of likely N-dealkylation sites (N-methyl/N-ethyl adjacent to an activating group) is 3. The first kappa shape index (κ1) is 105. The minimum absolute atomic E-state index is 0.550. The van der Waals surface area contributed by atoms with E-state index < -0.39 is 0 Å². The van der Waals surface area contributed by atoms with Gasteiger partial charge in [-0.1, -0.05) is 197 Å². The van der Waals surface area contributed by atoms with E-state index in [-0.39, 0.29) is 0 Å². The van der Waals surface area contributed by atoms with Crippen molar-refractivity contribution in [3.05, 3.63) is 110 Å². The molecule has 18 nitrogen and oxygen atoms in total. The molecule has 0 saturated carbocycles. The van der Waals surface area contributed by atoms with Gasteiger partial charge in [-0.05, 0) is 160 Å². The number of ether oxygens (including phenoxy) is 1. The standard InChI is InChI=1S/C12H24N2.C12H23N.2C11H22N2.2C10H20N2.C9H19N3.C9H18N2.C9H17NO/c1-10(2)11(3)14-8-6-12(7-9-14)13(4)5;1-5-12-7-6-8-13(9-12)11(4)10(2)3;1-9(2)10(3)13-7-6-11(8-13)12(4)5;1-9(2)10(3)13-7-5-11(12-4)6-8-13;1-9(2)10(3)12-7-5-11(4)6-8-12;1-8(2)9(3)12-6-5-10(7-12)11-4;1-8(2)9(3)11-4-6-12(10)7-5-11;1-8(2)9(3)11-6-4-10-5-7-11;1-8(2)9(3)10-4-6-11-7-5-10/h10,12H,3,6-9H2,1-2,4-5H3;10,12H,4-9H2,1-3H3;9,11H,3,6-8H2,1-2,4-5H3;9,11-12H,3,5-8H2,1-2,4H3;9H,3,5-8H2,1-2,4H3;8,10-11H,3,5-7H2,1-2,4H3;8H,3-7,10H2,1-2H3;8,10H,3-7H2,1-2H3;8H,3-7H2,1-2H3. The number of likely N-dealkylation sites (tertiary alicyclic amines) is 5. The molecule has 9 saturated heterocycles. The molecule has 5 N–H and O–H groups in total. The Morgan fingerprint density at radius 3 is 0.982 bits per heavy atom. The highest BCUT2D eigenvalue weighted by Gasteiger charge is 2.28. The first-order valence-corrected chi connectivity index (χ1v) is 44.2. The Kier molecular flexibility index (Phi) is 53.4. The van der Waals surface area contributed by atoms with Crippen LogP contribution >= 0.6 is 0 Å². The highest BCUT2D eigenvalue weighted by atomic mass is 16.5. The molecule has 18 heteroatoms. The van der Waals surface area contributed by atoms with Gasteiger partial charge >= 0.3 is 0 Å². The van der Waals surface area contributed by atoms with Gasteiger partial charge in [-0.25, -0.2) is 5.01 Å². The molecule has 0 radical (unpaired) electrons. The molecule has 3 atom stereocenters. The Morgan fingerprint density at radius 2 is 0.640 bits per heavy atom. The minimum Gasteiger partial charge on any atom is -0.378 e. The summed E-state index contributed by atoms with van der Waals surface area (Å²) >= 11 is 0. The number of morpholine rings is 1. The molecule has 0 bridgehead atoms. The summed E-state index contributed by atoms with van der Waals surface area (Å²) in [5.74, 6) is 11.8. The zero-order valence-electron chi connectivity index (χ0n) is 78.0. The van der Waals surface area contributed by atoms with Gasteiger partial charge in [0.15, 0.2) is 0 Å². The van der Waals surface area contributed by atoms with E-state index in [2.05, 4.69) is 308 Å². The van der Waals surface area contributed by atoms with Crippen LogP contribution in [0.5, 0.6) is 0 Å². The predicted molar refractivity (Wildman–Crippen MR) is 488 cm³/mol. The third-order valence-electron chi connectivity index (χ3n) is 24.3. The number of nitrogens with one attached hydrogen (secondary N) is 3. The molecular weight excluding hydrogens is 1370 g/mol. The maximum absolute atomic E-state index is 5.65. The van der Waals surface area contributed by atoms with Crippen LogP contribution < -0.4 is 21.8 Å². The molecule has 0 aromatic rings. The second kappa shape index (κ2) is 56.7. The van der Waals surface area contributed by atoms with Crippen LogP contribution in [0, 0.1) is 59.2 Å². The second-order valence-electron chi connectivity index (χ2n) is 36.1. The highest BCUT2D eigenvalue weighted by molar-refractivity contribution is 5.06. The quantitative estimate of drug-likeness (QED) is 0.0727. The van der Waals surface area contributed by atoms with Gasteiger partial charge in [-0.15, -0.1) is 0 Å². The van der Waals surface area contributed by atoms with Crippen molar-refractivity contribution in [2.75, 3.05) is 220 Å². The first-order valence-electron chi connectivity index (χ1n) is 44.2. The van der Waals surface area contributed by atoms with E-state index in [4.69, 9.17) is 10.6 Å². The summed E-state index contributed by atoms with van der Waals surface area (Å²) in [5, 5.41) is 11.8. The maximum atomic E-state index is 5.65. The van der Waals surface area contributed by atoms with Crippen LogP contribution in [0.1, 0.15) is 189 Å². The van der Waals surface area contributed by atoms with Crippen LogP contribution in [0.4, 0.5) is 0 Å². The maximum Gasteiger partial charge on any atom is 0.0642 e. The fourth-order valence-corrected chi connectivity index (χ4v) is 14.7. The van der Waals surface area contributed by atoms with Crippen molar-refractivity contribution < 1.29 is 4.74 Å². The van der Waals surface area contributed by atoms with Crippen molar-refractivity contribution >= 4 is 0 Å². The highest BCUT2D eigenvalue weighted by Crippen LogP contribution is 2.27. The molecule has 0 aromatic carbocycles. The molecule has 0 aromatic heterocycles. The Bertz CT molecular complexity index is 2470. The lowest BCUT2D eigenvalue weighted by atomic mass is 9.94. The number of piperidine rings is 3. The van der Waals surface area contributed by atoms with Crippen molar-refractivity contribution in [1.29, 1.82) is 0 Å². The number of rotatable bonds is 23. The van der Waals surface area contributed by atoms with Crippen LogP contribution in [0.2, 0.25) is 0 Å². The van der Waals surface area contributed by atoms with Gasteiger partial charge in [0.25, 0.3) is 0 Å². The van der Waals surface area contributed by atoms with Crippen molar-refractivity contribution in [3.63, 3.8) is 0 Å². The van der Waals surface area contributed by atoms with Crippen molar-refractivity contribution in [1.82, 2.24) is 79.8 Å². The Hall–Kier alpha value is -4.50. The molecule has 9 heterocycles. The minimum atomic E-state index is 0.550. The van der Waals surface area contributed by atoms with Crippen LogP contribution in [0.3, 0.4) is 0 Å². The largest absolute Gasteiger partial charge is 0.378 e. The van der Waals surface area contributed by atoms with E-state index in [1.807, 2.05) is 12.1 Å². The molecule has 0 spiro atoms. The van der Waals surface area contributed by atoms with E-state index in [0.717, 1.165) is 129 Å². The molecule has 9 aliphatic rings. The topological polar surface area (TPSA) is 113 Å². The average molecular weight is 1560 g/mol. The lowest BCUT2D eigenvalue weighted by molar-refractivity contribution is 0.0499. The predicted octanol–water partition coefficient (Wildman–Crippen LogP) is 15.1. The molecular formula is C93H185N17O. The second-order valence-corrected chi connectivity index (χ2v) is 36.1. The van der Waals surface area contributed by atoms with Crippen LogP contribution in [-0.2, 0) is 4.74 Å². The van der Waals surface area contributed by atoms with Gasteiger partial charge in [0.1, 0.15) is 0 Å². The SMILES string of the molecule is C=C(C(C)C)N1CCC(N(C)C)C1.C=C(C(C)C)N1CCC(N(C)C)CC1.C=C(C(C)C)N1CCC(NC)C1.C=C(C(C)C)N1CCC(NC)CC1.C=C(C(C)C)N1CCCC(CC)C1.C=C(C(C)C)N1CCN(C)CC1.C=C(C(C)C)N1CCN(N)CC1.C=C(C(C)C)N1CCNCC1.C=C(C(C)C)N1CCOCC1. The number of allylic oxidation sites excluding steroid dienone is 9. The summed E-state index contributed by atoms with van der Waals surface area (Å²) in [6, 6.07) is 2.87. The van der Waals surface area contributed by atoms with Gasteiger partial charge in [-0.3, -0.25) is 5.84 Å². The zero-order valence-corrected chi connectivity index (χ0v) is 78.0. The van der Waals surface area contributed by atoms with Crippen LogP contribution in [-0.4, -0.2) is 308 Å². The molecule has 9 fully saturated rings. The molecule has 9 rings (SSSR count). The number of hydrazine groups is 1. The lowest BCUT2D eigenvalue weighted by Crippen LogP contribution is -2.49. The van der Waals surface area contributed by atoms with E-state index >= 15 is 0 Å². The fraction of sp³-hybridized carbons (Fsp3) is 0.806. The molecule has 648 valence electrons. The number of piperazine rings is 3. The van der Waals surface area contributed by atoms with Crippen molar-refractivity contribution in [3.8, 4) is 0 Å². The van der Waals surface area contributed by atoms with Gasteiger partial charge in [0.05, 0.1) is 13.2 Å². The Labute approximate surface area is 689 Å². The lowest BCUT2D eigenvalue weighted by Gasteiger charge is -2.38. The number of hydrogen-bond acceptors (Lipinski definition) is 18. The number of hydrogen-bond donors (Lipinski definition) is 4. The number of nitrogens with two attached hydrogens (primary N) is 1. The number of nitrogens with zero attached hydrogens (tertiary/aromatic N) is 13. The van der Waals surface area contributed by atoms with E-state index in [1.54, 1.807) is 0 Å².